The minimum Gasteiger partial charge on any atom is -0.309 e. The Hall–Kier alpha value is -1.03. The average Bonchev–Trinajstić information content (AvgIpc) is 2.99. The normalized spacial score (nSPS) is 20.0. The first-order valence-corrected chi connectivity index (χ1v) is 8.49. The minimum absolute atomic E-state index is 0.0807. The average molecular weight is 309 g/mol. The number of rotatable bonds is 3. The Kier molecular flexibility index (Phi) is 4.00. The van der Waals surface area contributed by atoms with Crippen LogP contribution in [0.3, 0.4) is 0 Å². The number of imidazole rings is 1. The van der Waals surface area contributed by atoms with Crippen molar-refractivity contribution in [1.82, 2.24) is 19.3 Å². The number of nitrogens with zero attached hydrogens (tertiary/aromatic N) is 4. The van der Waals surface area contributed by atoms with Crippen molar-refractivity contribution in [3.05, 3.63) is 11.5 Å². The molecule has 3 rings (SSSR count). The van der Waals surface area contributed by atoms with Gasteiger partial charge in [-0.25, -0.2) is 4.98 Å². The summed E-state index contributed by atoms with van der Waals surface area (Å²) in [7, 11) is 2.00. The summed E-state index contributed by atoms with van der Waals surface area (Å²) < 4.78 is 4.31. The molecule has 1 aliphatic rings. The number of aromatic nitrogens is 4. The van der Waals surface area contributed by atoms with Gasteiger partial charge in [-0.3, -0.25) is 4.68 Å². The van der Waals surface area contributed by atoms with Gasteiger partial charge in [0.25, 0.3) is 0 Å². The zero-order valence-corrected chi connectivity index (χ0v) is 14.2. The molecule has 21 heavy (non-hydrogen) atoms. The molecule has 0 radical (unpaired) electrons. The molecule has 0 bridgehead atoms. The Bertz CT molecular complexity index is 634. The fourth-order valence-electron chi connectivity index (χ4n) is 3.82. The highest BCUT2D eigenvalue weighted by molar-refractivity contribution is 6.20. The van der Waals surface area contributed by atoms with Crippen LogP contribution in [0.25, 0.3) is 11.2 Å². The molecule has 2 aromatic rings. The van der Waals surface area contributed by atoms with E-state index in [4.69, 9.17) is 16.6 Å². The molecule has 1 saturated carbocycles. The lowest BCUT2D eigenvalue weighted by Gasteiger charge is -2.30. The summed E-state index contributed by atoms with van der Waals surface area (Å²) in [6, 6.07) is 0.432. The maximum absolute atomic E-state index is 6.41. The van der Waals surface area contributed by atoms with Crippen LogP contribution in [0.1, 0.15) is 68.9 Å². The van der Waals surface area contributed by atoms with E-state index in [2.05, 4.69) is 16.6 Å². The molecule has 1 fully saturated rings. The van der Waals surface area contributed by atoms with Crippen LogP contribution in [0.4, 0.5) is 0 Å². The molecule has 2 aromatic heterocycles. The van der Waals surface area contributed by atoms with Gasteiger partial charge in [0.15, 0.2) is 5.65 Å². The van der Waals surface area contributed by atoms with E-state index in [1.54, 1.807) is 0 Å². The van der Waals surface area contributed by atoms with Gasteiger partial charge >= 0.3 is 0 Å². The summed E-state index contributed by atoms with van der Waals surface area (Å²) in [5.74, 6) is 1.71. The van der Waals surface area contributed by atoms with E-state index in [0.717, 1.165) is 28.6 Å². The van der Waals surface area contributed by atoms with Crippen molar-refractivity contribution in [1.29, 1.82) is 0 Å². The molecule has 0 aliphatic heterocycles. The Balaban J connectivity index is 2.11. The van der Waals surface area contributed by atoms with Crippen molar-refractivity contribution in [3.8, 4) is 0 Å². The Morgan fingerprint density at radius 3 is 2.48 bits per heavy atom. The monoisotopic (exact) mass is 308 g/mol. The van der Waals surface area contributed by atoms with E-state index in [0.29, 0.717) is 6.04 Å². The summed E-state index contributed by atoms with van der Waals surface area (Å²) >= 11 is 6.41. The van der Waals surface area contributed by atoms with Crippen molar-refractivity contribution in [2.45, 2.75) is 64.3 Å². The van der Waals surface area contributed by atoms with Gasteiger partial charge in [0.05, 0.1) is 11.1 Å². The minimum atomic E-state index is -0.0807. The predicted octanol–water partition coefficient (Wildman–Crippen LogP) is 4.52. The maximum atomic E-state index is 6.41. The van der Waals surface area contributed by atoms with E-state index < -0.39 is 0 Å². The van der Waals surface area contributed by atoms with Crippen LogP contribution in [0.15, 0.2) is 0 Å². The van der Waals surface area contributed by atoms with Gasteiger partial charge < -0.3 is 4.57 Å². The number of aryl methyl sites for hydroxylation is 2. The van der Waals surface area contributed by atoms with Gasteiger partial charge in [-0.1, -0.05) is 19.3 Å². The molecule has 0 saturated heterocycles. The predicted molar refractivity (Wildman–Crippen MR) is 86.8 cm³/mol. The highest BCUT2D eigenvalue weighted by Crippen LogP contribution is 2.37. The maximum Gasteiger partial charge on any atom is 0.158 e. The number of alkyl halides is 1. The van der Waals surface area contributed by atoms with Crippen LogP contribution >= 0.6 is 11.6 Å². The molecule has 2 atom stereocenters. The van der Waals surface area contributed by atoms with Gasteiger partial charge in [-0.15, -0.1) is 11.6 Å². The van der Waals surface area contributed by atoms with Crippen molar-refractivity contribution >= 4 is 22.8 Å². The third-order valence-corrected chi connectivity index (χ3v) is 5.15. The summed E-state index contributed by atoms with van der Waals surface area (Å²) in [5, 5.41) is 4.45. The van der Waals surface area contributed by atoms with Crippen LogP contribution < -0.4 is 0 Å². The van der Waals surface area contributed by atoms with Gasteiger partial charge in [-0.05, 0) is 39.5 Å². The van der Waals surface area contributed by atoms with E-state index in [-0.39, 0.29) is 5.38 Å². The fraction of sp³-hybridized carbons (Fsp3) is 0.750. The number of hydrogen-bond acceptors (Lipinski definition) is 2. The Morgan fingerprint density at radius 1 is 1.19 bits per heavy atom. The Morgan fingerprint density at radius 2 is 1.86 bits per heavy atom. The molecular weight excluding hydrogens is 284 g/mol. The lowest BCUT2D eigenvalue weighted by Crippen LogP contribution is -2.22. The van der Waals surface area contributed by atoms with Crippen LogP contribution in [0, 0.1) is 12.8 Å². The quantitative estimate of drug-likeness (QED) is 0.782. The number of halogens is 1. The van der Waals surface area contributed by atoms with Gasteiger partial charge in [0.2, 0.25) is 0 Å². The lowest BCUT2D eigenvalue weighted by molar-refractivity contribution is 0.262. The summed E-state index contributed by atoms with van der Waals surface area (Å²) in [5.41, 5.74) is 3.11. The van der Waals surface area contributed by atoms with Crippen molar-refractivity contribution < 1.29 is 0 Å². The SMILES string of the molecule is Cc1nn(C)c2c1nc(C(C)Cl)n2C(C)C1CCCCC1. The fourth-order valence-corrected chi connectivity index (χ4v) is 3.98. The molecule has 4 nitrogen and oxygen atoms in total. The van der Waals surface area contributed by atoms with Crippen LogP contribution in [0.2, 0.25) is 0 Å². The first kappa shape index (κ1) is 14.9. The third kappa shape index (κ3) is 2.48. The zero-order valence-electron chi connectivity index (χ0n) is 13.4. The van der Waals surface area contributed by atoms with E-state index in [9.17, 15) is 0 Å². The third-order valence-electron chi connectivity index (χ3n) is 4.96. The smallest absolute Gasteiger partial charge is 0.158 e. The lowest BCUT2D eigenvalue weighted by atomic mass is 9.84. The van der Waals surface area contributed by atoms with E-state index in [1.807, 2.05) is 25.6 Å². The van der Waals surface area contributed by atoms with Gasteiger partial charge in [-0.2, -0.15) is 5.10 Å². The molecule has 2 heterocycles. The molecular formula is C16H25ClN4. The summed E-state index contributed by atoms with van der Waals surface area (Å²) in [6.07, 6.45) is 6.71. The summed E-state index contributed by atoms with van der Waals surface area (Å²) in [4.78, 5) is 4.80. The molecule has 1 aliphatic carbocycles. The highest BCUT2D eigenvalue weighted by atomic mass is 35.5. The largest absolute Gasteiger partial charge is 0.309 e. The van der Waals surface area contributed by atoms with Gasteiger partial charge in [0, 0.05) is 13.1 Å². The second kappa shape index (κ2) is 5.64. The number of hydrogen-bond donors (Lipinski definition) is 0. The highest BCUT2D eigenvalue weighted by Gasteiger charge is 2.28. The molecule has 0 spiro atoms. The Labute approximate surface area is 131 Å². The topological polar surface area (TPSA) is 35.6 Å². The molecule has 116 valence electrons. The molecule has 5 heteroatoms. The standard InChI is InChI=1S/C16H25ClN4/c1-10(17)15-18-14-11(2)19-20(4)16(14)21(15)12(3)13-8-6-5-7-9-13/h10,12-13H,5-9H2,1-4H3. The molecule has 2 unspecified atom stereocenters. The van der Waals surface area contributed by atoms with Crippen molar-refractivity contribution in [3.63, 3.8) is 0 Å². The summed E-state index contributed by atoms with van der Waals surface area (Å²) in [6.45, 7) is 6.35. The second-order valence-electron chi connectivity index (χ2n) is 6.48. The molecule has 0 amide bonds. The molecule has 0 N–H and O–H groups in total. The number of fused-ring (bicyclic) bond motifs is 1. The second-order valence-corrected chi connectivity index (χ2v) is 7.13. The van der Waals surface area contributed by atoms with E-state index >= 15 is 0 Å². The first-order valence-electron chi connectivity index (χ1n) is 8.06. The van der Waals surface area contributed by atoms with Gasteiger partial charge in [0.1, 0.15) is 11.3 Å². The van der Waals surface area contributed by atoms with Crippen molar-refractivity contribution in [2.75, 3.05) is 0 Å². The van der Waals surface area contributed by atoms with Crippen LogP contribution in [-0.2, 0) is 7.05 Å². The zero-order chi connectivity index (χ0) is 15.1. The van der Waals surface area contributed by atoms with Crippen molar-refractivity contribution in [2.24, 2.45) is 13.0 Å². The first-order chi connectivity index (χ1) is 10.0. The molecule has 0 aromatic carbocycles. The van der Waals surface area contributed by atoms with E-state index in [1.165, 1.54) is 32.1 Å². The van der Waals surface area contributed by atoms with Crippen LogP contribution in [0.5, 0.6) is 0 Å². The van der Waals surface area contributed by atoms with Crippen LogP contribution in [-0.4, -0.2) is 19.3 Å².